The van der Waals surface area contributed by atoms with Crippen LogP contribution < -0.4 is 10.6 Å². The predicted molar refractivity (Wildman–Crippen MR) is 79.0 cm³/mol. The van der Waals surface area contributed by atoms with Crippen molar-refractivity contribution in [1.82, 2.24) is 5.32 Å². The van der Waals surface area contributed by atoms with Crippen LogP contribution in [0.2, 0.25) is 0 Å². The van der Waals surface area contributed by atoms with Gasteiger partial charge in [0.15, 0.2) is 0 Å². The Hall–Kier alpha value is -1.55. The Morgan fingerprint density at radius 3 is 2.45 bits per heavy atom. The molecule has 0 aromatic heterocycles. The molecule has 2 N–H and O–H groups in total. The summed E-state index contributed by atoms with van der Waals surface area (Å²) in [5.41, 5.74) is 1.83. The first-order valence-corrected chi connectivity index (χ1v) is 7.54. The molecular weight excluding hydrogens is 252 g/mol. The molecule has 1 aromatic carbocycles. The summed E-state index contributed by atoms with van der Waals surface area (Å²) in [6.07, 6.45) is 4.51. The third-order valence-electron chi connectivity index (χ3n) is 4.00. The van der Waals surface area contributed by atoms with E-state index in [2.05, 4.69) is 10.6 Å². The normalized spacial score (nSPS) is 19.6. The van der Waals surface area contributed by atoms with Crippen LogP contribution in [0.4, 0.5) is 5.69 Å². The molecule has 1 aliphatic carbocycles. The summed E-state index contributed by atoms with van der Waals surface area (Å²) in [7, 11) is 0. The van der Waals surface area contributed by atoms with Crippen LogP contribution in [0.25, 0.3) is 0 Å². The highest BCUT2D eigenvalue weighted by molar-refractivity contribution is 5.94. The van der Waals surface area contributed by atoms with Gasteiger partial charge in [-0.25, -0.2) is 0 Å². The zero-order valence-corrected chi connectivity index (χ0v) is 11.7. The lowest BCUT2D eigenvalue weighted by Gasteiger charge is -2.22. The molecule has 20 heavy (non-hydrogen) atoms. The quantitative estimate of drug-likeness (QED) is 0.867. The van der Waals surface area contributed by atoms with Gasteiger partial charge in [-0.3, -0.25) is 4.79 Å². The van der Waals surface area contributed by atoms with E-state index in [1.54, 1.807) is 0 Å². The fourth-order valence-electron chi connectivity index (χ4n) is 2.45. The first-order valence-electron chi connectivity index (χ1n) is 7.54. The van der Waals surface area contributed by atoms with Gasteiger partial charge in [0.05, 0.1) is 0 Å². The van der Waals surface area contributed by atoms with Crippen molar-refractivity contribution in [2.75, 3.05) is 25.1 Å². The maximum absolute atomic E-state index is 11.9. The summed E-state index contributed by atoms with van der Waals surface area (Å²) < 4.78 is 5.36. The first-order chi connectivity index (χ1) is 9.81. The van der Waals surface area contributed by atoms with Crippen LogP contribution in [0.15, 0.2) is 24.3 Å². The van der Waals surface area contributed by atoms with E-state index in [1.807, 2.05) is 24.3 Å². The number of rotatable bonds is 5. The molecule has 1 saturated carbocycles. The number of anilines is 1. The Morgan fingerprint density at radius 2 is 1.80 bits per heavy atom. The molecule has 1 saturated heterocycles. The molecule has 108 valence electrons. The van der Waals surface area contributed by atoms with E-state index < -0.39 is 0 Å². The maximum atomic E-state index is 11.9. The van der Waals surface area contributed by atoms with Crippen molar-refractivity contribution in [2.45, 2.75) is 31.7 Å². The van der Waals surface area contributed by atoms with Crippen LogP contribution in [-0.2, 0) is 4.74 Å². The van der Waals surface area contributed by atoms with Gasteiger partial charge in [-0.2, -0.15) is 0 Å². The number of nitrogens with one attached hydrogen (secondary N) is 2. The second kappa shape index (κ2) is 6.27. The molecule has 0 spiro atoms. The molecule has 1 heterocycles. The number of ether oxygens (including phenoxy) is 1. The Balaban J connectivity index is 1.48. The van der Waals surface area contributed by atoms with Crippen molar-refractivity contribution in [2.24, 2.45) is 5.92 Å². The monoisotopic (exact) mass is 274 g/mol. The number of carbonyl (C=O) groups is 1. The largest absolute Gasteiger partial charge is 0.385 e. The number of benzene rings is 1. The van der Waals surface area contributed by atoms with E-state index in [4.69, 9.17) is 4.74 Å². The van der Waals surface area contributed by atoms with Gasteiger partial charge in [0, 0.05) is 37.1 Å². The Bertz CT molecular complexity index is 448. The molecule has 0 atom stereocenters. The standard InChI is InChI=1S/C16H22N2O2/c19-16(18-15-5-6-15)13-1-3-14(4-2-13)17-11-12-7-9-20-10-8-12/h1-4,12,15,17H,5-11H2,(H,18,19). The highest BCUT2D eigenvalue weighted by Gasteiger charge is 2.23. The minimum absolute atomic E-state index is 0.0449. The summed E-state index contributed by atoms with van der Waals surface area (Å²) in [6.45, 7) is 2.75. The number of carbonyl (C=O) groups excluding carboxylic acids is 1. The Kier molecular flexibility index (Phi) is 4.21. The molecule has 2 aliphatic rings. The minimum Gasteiger partial charge on any atom is -0.385 e. The third kappa shape index (κ3) is 3.73. The summed E-state index contributed by atoms with van der Waals surface area (Å²) >= 11 is 0. The molecule has 3 rings (SSSR count). The van der Waals surface area contributed by atoms with Gasteiger partial charge in [0.1, 0.15) is 0 Å². The van der Waals surface area contributed by atoms with Gasteiger partial charge in [0.25, 0.3) is 5.91 Å². The smallest absolute Gasteiger partial charge is 0.251 e. The fraction of sp³-hybridized carbons (Fsp3) is 0.562. The topological polar surface area (TPSA) is 50.4 Å². The maximum Gasteiger partial charge on any atom is 0.251 e. The molecular formula is C16H22N2O2. The van der Waals surface area contributed by atoms with Crippen molar-refractivity contribution < 1.29 is 9.53 Å². The zero-order valence-electron chi connectivity index (χ0n) is 11.7. The molecule has 0 bridgehead atoms. The van der Waals surface area contributed by atoms with Gasteiger partial charge < -0.3 is 15.4 Å². The minimum atomic E-state index is 0.0449. The van der Waals surface area contributed by atoms with Crippen molar-refractivity contribution >= 4 is 11.6 Å². The second-order valence-corrected chi connectivity index (χ2v) is 5.76. The number of hydrogen-bond donors (Lipinski definition) is 2. The molecule has 2 fully saturated rings. The molecule has 4 nitrogen and oxygen atoms in total. The zero-order chi connectivity index (χ0) is 13.8. The lowest BCUT2D eigenvalue weighted by atomic mass is 10.0. The van der Waals surface area contributed by atoms with Crippen molar-refractivity contribution in [3.63, 3.8) is 0 Å². The van der Waals surface area contributed by atoms with Crippen molar-refractivity contribution in [3.05, 3.63) is 29.8 Å². The van der Waals surface area contributed by atoms with Crippen LogP contribution in [0.3, 0.4) is 0 Å². The average molecular weight is 274 g/mol. The molecule has 1 amide bonds. The first kappa shape index (κ1) is 13.4. The van der Waals surface area contributed by atoms with Gasteiger partial charge in [-0.1, -0.05) is 0 Å². The Labute approximate surface area is 119 Å². The van der Waals surface area contributed by atoms with Crippen LogP contribution in [0, 0.1) is 5.92 Å². The van der Waals surface area contributed by atoms with Crippen LogP contribution >= 0.6 is 0 Å². The van der Waals surface area contributed by atoms with Crippen molar-refractivity contribution in [3.8, 4) is 0 Å². The van der Waals surface area contributed by atoms with Crippen LogP contribution in [-0.4, -0.2) is 31.7 Å². The van der Waals surface area contributed by atoms with E-state index in [0.717, 1.165) is 56.7 Å². The summed E-state index contributed by atoms with van der Waals surface area (Å²) in [6, 6.07) is 8.17. The van der Waals surface area contributed by atoms with Gasteiger partial charge >= 0.3 is 0 Å². The molecule has 4 heteroatoms. The summed E-state index contributed by atoms with van der Waals surface area (Å²) in [5, 5.41) is 6.45. The van der Waals surface area contributed by atoms with Crippen LogP contribution in [0.5, 0.6) is 0 Å². The third-order valence-corrected chi connectivity index (χ3v) is 4.00. The summed E-state index contributed by atoms with van der Waals surface area (Å²) in [5.74, 6) is 0.741. The second-order valence-electron chi connectivity index (χ2n) is 5.76. The fourth-order valence-corrected chi connectivity index (χ4v) is 2.45. The van der Waals surface area contributed by atoms with E-state index in [0.29, 0.717) is 12.0 Å². The average Bonchev–Trinajstić information content (AvgIpc) is 3.31. The Morgan fingerprint density at radius 1 is 1.10 bits per heavy atom. The van der Waals surface area contributed by atoms with E-state index >= 15 is 0 Å². The van der Waals surface area contributed by atoms with E-state index in [9.17, 15) is 4.79 Å². The highest BCUT2D eigenvalue weighted by Crippen LogP contribution is 2.20. The SMILES string of the molecule is O=C(NC1CC1)c1ccc(NCC2CCOCC2)cc1. The molecule has 0 radical (unpaired) electrons. The van der Waals surface area contributed by atoms with Gasteiger partial charge in [0.2, 0.25) is 0 Å². The molecule has 0 unspecified atom stereocenters. The van der Waals surface area contributed by atoms with Gasteiger partial charge in [-0.05, 0) is 55.9 Å². The lowest BCUT2D eigenvalue weighted by Crippen LogP contribution is -2.25. The predicted octanol–water partition coefficient (Wildman–Crippen LogP) is 2.42. The summed E-state index contributed by atoms with van der Waals surface area (Å²) in [4.78, 5) is 11.9. The molecule has 1 aliphatic heterocycles. The van der Waals surface area contributed by atoms with E-state index in [-0.39, 0.29) is 5.91 Å². The van der Waals surface area contributed by atoms with Gasteiger partial charge in [-0.15, -0.1) is 0 Å². The van der Waals surface area contributed by atoms with E-state index in [1.165, 1.54) is 0 Å². The van der Waals surface area contributed by atoms with Crippen LogP contribution in [0.1, 0.15) is 36.0 Å². The number of amides is 1. The highest BCUT2D eigenvalue weighted by atomic mass is 16.5. The van der Waals surface area contributed by atoms with Crippen molar-refractivity contribution in [1.29, 1.82) is 0 Å². The molecule has 1 aromatic rings. The lowest BCUT2D eigenvalue weighted by molar-refractivity contribution is 0.0699. The number of hydrogen-bond acceptors (Lipinski definition) is 3.